The van der Waals surface area contributed by atoms with Gasteiger partial charge in [-0.05, 0) is 42.3 Å². The third-order valence-electron chi connectivity index (χ3n) is 4.86. The van der Waals surface area contributed by atoms with Gasteiger partial charge < -0.3 is 15.0 Å². The molecule has 0 atom stereocenters. The summed E-state index contributed by atoms with van der Waals surface area (Å²) >= 11 is 0. The van der Waals surface area contributed by atoms with Crippen LogP contribution >= 0.6 is 0 Å². The summed E-state index contributed by atoms with van der Waals surface area (Å²) in [5.74, 6) is -0.0560. The van der Waals surface area contributed by atoms with Crippen LogP contribution < -0.4 is 15.0 Å². The maximum Gasteiger partial charge on any atom is 0.226 e. The Balaban J connectivity index is 1.65. The van der Waals surface area contributed by atoms with Crippen LogP contribution in [-0.2, 0) is 25.8 Å². The van der Waals surface area contributed by atoms with E-state index in [1.165, 1.54) is 13.2 Å². The molecule has 0 saturated carbocycles. The molecular weight excluding hydrogens is 392 g/mol. The molecule has 29 heavy (non-hydrogen) atoms. The van der Waals surface area contributed by atoms with Gasteiger partial charge in [-0.3, -0.25) is 9.59 Å². The molecule has 0 aliphatic carbocycles. The minimum absolute atomic E-state index is 0.0218. The van der Waals surface area contributed by atoms with Crippen molar-refractivity contribution in [1.82, 2.24) is 0 Å². The fraction of sp³-hybridized carbons (Fsp3) is 0.333. The molecule has 0 bridgehead atoms. The molecule has 0 spiro atoms. The van der Waals surface area contributed by atoms with E-state index in [-0.39, 0.29) is 28.9 Å². The van der Waals surface area contributed by atoms with Crippen LogP contribution in [0.1, 0.15) is 25.3 Å². The summed E-state index contributed by atoms with van der Waals surface area (Å²) in [6, 6.07) is 11.7. The summed E-state index contributed by atoms with van der Waals surface area (Å²) in [5.41, 5.74) is 2.16. The minimum atomic E-state index is -3.61. The average Bonchev–Trinajstić information content (AvgIpc) is 3.15. The number of hydrogen-bond acceptors (Lipinski definition) is 5. The zero-order valence-corrected chi connectivity index (χ0v) is 17.3. The van der Waals surface area contributed by atoms with Crippen molar-refractivity contribution in [1.29, 1.82) is 0 Å². The smallest absolute Gasteiger partial charge is 0.226 e. The van der Waals surface area contributed by atoms with Crippen LogP contribution in [0.15, 0.2) is 47.4 Å². The Bertz CT molecular complexity index is 1030. The van der Waals surface area contributed by atoms with Crippen molar-refractivity contribution in [2.24, 2.45) is 0 Å². The van der Waals surface area contributed by atoms with E-state index in [0.29, 0.717) is 30.8 Å². The summed E-state index contributed by atoms with van der Waals surface area (Å²) in [6.07, 6.45) is 0.875. The van der Waals surface area contributed by atoms with E-state index >= 15 is 0 Å². The van der Waals surface area contributed by atoms with Crippen molar-refractivity contribution in [3.05, 3.63) is 48.0 Å². The lowest BCUT2D eigenvalue weighted by atomic mass is 10.2. The zero-order valence-electron chi connectivity index (χ0n) is 16.5. The summed E-state index contributed by atoms with van der Waals surface area (Å²) in [7, 11) is -2.09. The molecule has 0 fully saturated rings. The lowest BCUT2D eigenvalue weighted by Crippen LogP contribution is -2.27. The third-order valence-corrected chi connectivity index (χ3v) is 6.57. The average molecular weight is 416 g/mol. The minimum Gasteiger partial charge on any atom is -0.497 e. The number of carbonyl (C=O) groups excluding carboxylic acids is 2. The highest BCUT2D eigenvalue weighted by Gasteiger charge is 2.26. The number of rotatable bonds is 7. The van der Waals surface area contributed by atoms with Crippen LogP contribution in [0, 0.1) is 0 Å². The van der Waals surface area contributed by atoms with Crippen molar-refractivity contribution in [2.45, 2.75) is 31.1 Å². The van der Waals surface area contributed by atoms with Crippen LogP contribution in [0.4, 0.5) is 11.4 Å². The standard InChI is InChI=1S/C21H24N2O5S/c1-3-21(25)23-11-9-15-13-18(7-8-19(15)23)29(26,27)12-10-20(24)22-16-5-4-6-17(14-16)28-2/h4-8,13-14H,3,9-12H2,1-2H3,(H,22,24). The maximum absolute atomic E-state index is 12.7. The van der Waals surface area contributed by atoms with Gasteiger partial charge in [0, 0.05) is 36.8 Å². The van der Waals surface area contributed by atoms with Crippen LogP contribution in [-0.4, -0.2) is 39.6 Å². The molecule has 0 aromatic heterocycles. The molecule has 1 aliphatic rings. The van der Waals surface area contributed by atoms with E-state index in [1.54, 1.807) is 48.2 Å². The first kappa shape index (κ1) is 20.9. The monoisotopic (exact) mass is 416 g/mol. The van der Waals surface area contributed by atoms with Gasteiger partial charge in [0.05, 0.1) is 17.8 Å². The third kappa shape index (κ3) is 4.76. The van der Waals surface area contributed by atoms with Gasteiger partial charge in [-0.1, -0.05) is 13.0 Å². The molecular formula is C21H24N2O5S. The van der Waals surface area contributed by atoms with Crippen molar-refractivity contribution >= 4 is 33.0 Å². The summed E-state index contributed by atoms with van der Waals surface area (Å²) in [5, 5.41) is 2.68. The number of sulfone groups is 1. The molecule has 2 aromatic carbocycles. The first-order chi connectivity index (χ1) is 13.8. The maximum atomic E-state index is 12.7. The van der Waals surface area contributed by atoms with E-state index in [0.717, 1.165) is 11.3 Å². The second-order valence-corrected chi connectivity index (χ2v) is 8.90. The predicted octanol–water partition coefficient (Wildman–Crippen LogP) is 2.80. The molecule has 2 aromatic rings. The zero-order chi connectivity index (χ0) is 21.0. The molecule has 1 aliphatic heterocycles. The molecule has 1 heterocycles. The number of hydrogen-bond donors (Lipinski definition) is 1. The summed E-state index contributed by atoms with van der Waals surface area (Å²) in [6.45, 7) is 2.37. The Morgan fingerprint density at radius 2 is 1.97 bits per heavy atom. The molecule has 3 rings (SSSR count). The normalized spacial score (nSPS) is 13.1. The van der Waals surface area contributed by atoms with Crippen LogP contribution in [0.3, 0.4) is 0 Å². The summed E-state index contributed by atoms with van der Waals surface area (Å²) < 4.78 is 30.5. The highest BCUT2D eigenvalue weighted by atomic mass is 32.2. The Labute approximate surface area is 170 Å². The SMILES string of the molecule is CCC(=O)N1CCc2cc(S(=O)(=O)CCC(=O)Nc3cccc(OC)c3)ccc21. The molecule has 2 amide bonds. The predicted molar refractivity (Wildman–Crippen MR) is 111 cm³/mol. The number of nitrogens with zero attached hydrogens (tertiary/aromatic N) is 1. The summed E-state index contributed by atoms with van der Waals surface area (Å²) in [4.78, 5) is 26.0. The highest BCUT2D eigenvalue weighted by Crippen LogP contribution is 2.31. The molecule has 7 nitrogen and oxygen atoms in total. The van der Waals surface area contributed by atoms with Crippen molar-refractivity contribution in [2.75, 3.05) is 29.6 Å². The van der Waals surface area contributed by atoms with Gasteiger partial charge in [0.25, 0.3) is 0 Å². The second kappa shape index (κ2) is 8.65. The number of amides is 2. The number of ether oxygens (including phenoxy) is 1. The van der Waals surface area contributed by atoms with E-state index < -0.39 is 9.84 Å². The van der Waals surface area contributed by atoms with Gasteiger partial charge >= 0.3 is 0 Å². The fourth-order valence-electron chi connectivity index (χ4n) is 3.29. The van der Waals surface area contributed by atoms with Crippen LogP contribution in [0.2, 0.25) is 0 Å². The van der Waals surface area contributed by atoms with Gasteiger partial charge in [-0.15, -0.1) is 0 Å². The van der Waals surface area contributed by atoms with Gasteiger partial charge in [-0.2, -0.15) is 0 Å². The molecule has 8 heteroatoms. The van der Waals surface area contributed by atoms with Crippen molar-refractivity contribution in [3.63, 3.8) is 0 Å². The highest BCUT2D eigenvalue weighted by molar-refractivity contribution is 7.91. The molecule has 0 unspecified atom stereocenters. The second-order valence-electron chi connectivity index (χ2n) is 6.79. The number of benzene rings is 2. The number of fused-ring (bicyclic) bond motifs is 1. The molecule has 1 N–H and O–H groups in total. The Kier molecular flexibility index (Phi) is 6.22. The van der Waals surface area contributed by atoms with E-state index in [9.17, 15) is 18.0 Å². The first-order valence-electron chi connectivity index (χ1n) is 9.44. The lowest BCUT2D eigenvalue weighted by molar-refractivity contribution is -0.118. The largest absolute Gasteiger partial charge is 0.497 e. The Morgan fingerprint density at radius 3 is 2.69 bits per heavy atom. The van der Waals surface area contributed by atoms with E-state index in [1.807, 2.05) is 0 Å². The Morgan fingerprint density at radius 1 is 1.17 bits per heavy atom. The van der Waals surface area contributed by atoms with Gasteiger partial charge in [-0.25, -0.2) is 8.42 Å². The molecule has 0 saturated heterocycles. The van der Waals surface area contributed by atoms with Crippen molar-refractivity contribution < 1.29 is 22.7 Å². The van der Waals surface area contributed by atoms with Crippen molar-refractivity contribution in [3.8, 4) is 5.75 Å². The lowest BCUT2D eigenvalue weighted by Gasteiger charge is -2.16. The van der Waals surface area contributed by atoms with Crippen LogP contribution in [0.25, 0.3) is 0 Å². The van der Waals surface area contributed by atoms with Gasteiger partial charge in [0.2, 0.25) is 11.8 Å². The fourth-order valence-corrected chi connectivity index (χ4v) is 4.58. The topological polar surface area (TPSA) is 92.8 Å². The number of carbonyl (C=O) groups is 2. The number of anilines is 2. The quantitative estimate of drug-likeness (QED) is 0.749. The number of nitrogens with one attached hydrogen (secondary N) is 1. The molecule has 154 valence electrons. The number of methoxy groups -OCH3 is 1. The van der Waals surface area contributed by atoms with Crippen LogP contribution in [0.5, 0.6) is 5.75 Å². The molecule has 0 radical (unpaired) electrons. The van der Waals surface area contributed by atoms with E-state index in [4.69, 9.17) is 4.74 Å². The Hall–Kier alpha value is -2.87. The van der Waals surface area contributed by atoms with E-state index in [2.05, 4.69) is 5.32 Å². The van der Waals surface area contributed by atoms with Gasteiger partial charge in [0.1, 0.15) is 5.75 Å². The van der Waals surface area contributed by atoms with Gasteiger partial charge in [0.15, 0.2) is 9.84 Å². The first-order valence-corrected chi connectivity index (χ1v) is 11.1.